The normalized spacial score (nSPS) is 17.7. The molecule has 0 saturated carbocycles. The minimum absolute atomic E-state index is 0.162. The average molecular weight is 350 g/mol. The number of aromatic nitrogens is 2. The number of hydrogen-bond acceptors (Lipinski definition) is 4. The Balaban J connectivity index is 1.29. The highest BCUT2D eigenvalue weighted by Crippen LogP contribution is 2.39. The van der Waals surface area contributed by atoms with Gasteiger partial charge in [-0.1, -0.05) is 40.1 Å². The van der Waals surface area contributed by atoms with Gasteiger partial charge in [0.05, 0.1) is 11.0 Å². The van der Waals surface area contributed by atoms with Gasteiger partial charge in [0.1, 0.15) is 5.82 Å². The number of carbonyl (C=O) groups excluding carboxylic acids is 1. The molecule has 124 valence electrons. The molecule has 23 heavy (non-hydrogen) atoms. The van der Waals surface area contributed by atoms with E-state index in [9.17, 15) is 4.79 Å². The molecule has 6 heteroatoms. The number of rotatable bonds is 8. The Morgan fingerprint density at radius 2 is 2.26 bits per heavy atom. The van der Waals surface area contributed by atoms with Crippen LogP contribution in [-0.4, -0.2) is 33.4 Å². The summed E-state index contributed by atoms with van der Waals surface area (Å²) in [5.41, 5.74) is 2.04. The van der Waals surface area contributed by atoms with Gasteiger partial charge in [-0.05, 0) is 31.4 Å². The number of aromatic amines is 1. The highest BCUT2D eigenvalue weighted by molar-refractivity contribution is 8.77. The van der Waals surface area contributed by atoms with Crippen LogP contribution in [0.1, 0.15) is 37.9 Å². The Hall–Kier alpha value is -1.14. The minimum Gasteiger partial charge on any atom is -0.356 e. The van der Waals surface area contributed by atoms with Crippen molar-refractivity contribution in [3.63, 3.8) is 0 Å². The number of imidazole rings is 1. The van der Waals surface area contributed by atoms with Gasteiger partial charge in [0.25, 0.3) is 0 Å². The molecule has 3 rings (SSSR count). The van der Waals surface area contributed by atoms with E-state index in [1.54, 1.807) is 0 Å². The number of nitrogens with one attached hydrogen (secondary N) is 2. The molecule has 2 heterocycles. The molecule has 1 aliphatic heterocycles. The van der Waals surface area contributed by atoms with Crippen molar-refractivity contribution in [2.75, 3.05) is 12.3 Å². The number of benzene rings is 1. The van der Waals surface area contributed by atoms with E-state index in [1.807, 2.05) is 45.9 Å². The molecule has 2 aromatic rings. The lowest BCUT2D eigenvalue weighted by Crippen LogP contribution is -2.25. The van der Waals surface area contributed by atoms with E-state index in [1.165, 1.54) is 18.6 Å². The van der Waals surface area contributed by atoms with Gasteiger partial charge >= 0.3 is 0 Å². The monoisotopic (exact) mass is 349 g/mol. The first-order valence-electron chi connectivity index (χ1n) is 8.30. The molecule has 0 aliphatic carbocycles. The second-order valence-corrected chi connectivity index (χ2v) is 8.66. The third kappa shape index (κ3) is 5.18. The molecule has 0 spiro atoms. The molecule has 1 amide bonds. The zero-order valence-electron chi connectivity index (χ0n) is 13.2. The quantitative estimate of drug-likeness (QED) is 0.560. The van der Waals surface area contributed by atoms with Crippen LogP contribution >= 0.6 is 21.6 Å². The van der Waals surface area contributed by atoms with Crippen LogP contribution in [0.25, 0.3) is 11.0 Å². The Morgan fingerprint density at radius 3 is 3.09 bits per heavy atom. The lowest BCUT2D eigenvalue weighted by molar-refractivity contribution is -0.121. The van der Waals surface area contributed by atoms with Crippen LogP contribution < -0.4 is 5.32 Å². The van der Waals surface area contributed by atoms with Crippen molar-refractivity contribution in [3.05, 3.63) is 30.1 Å². The lowest BCUT2D eigenvalue weighted by Gasteiger charge is -2.07. The Kier molecular flexibility index (Phi) is 6.28. The van der Waals surface area contributed by atoms with Crippen LogP contribution in [0.4, 0.5) is 0 Å². The molecule has 1 unspecified atom stereocenters. The summed E-state index contributed by atoms with van der Waals surface area (Å²) in [7, 11) is 4.01. The third-order valence-electron chi connectivity index (χ3n) is 4.03. The second kappa shape index (κ2) is 8.64. The Labute approximate surface area is 145 Å². The molecular weight excluding hydrogens is 326 g/mol. The van der Waals surface area contributed by atoms with E-state index < -0.39 is 0 Å². The molecule has 1 aromatic carbocycles. The van der Waals surface area contributed by atoms with Gasteiger partial charge in [0.15, 0.2) is 0 Å². The van der Waals surface area contributed by atoms with Gasteiger partial charge in [-0.2, -0.15) is 0 Å². The van der Waals surface area contributed by atoms with Crippen LogP contribution in [0.3, 0.4) is 0 Å². The first kappa shape index (κ1) is 16.7. The molecule has 1 aromatic heterocycles. The summed E-state index contributed by atoms with van der Waals surface area (Å²) >= 11 is 0. The summed E-state index contributed by atoms with van der Waals surface area (Å²) in [6, 6.07) is 7.99. The van der Waals surface area contributed by atoms with Crippen LogP contribution in [0, 0.1) is 0 Å². The average Bonchev–Trinajstić information content (AvgIpc) is 3.20. The van der Waals surface area contributed by atoms with E-state index in [0.717, 1.165) is 41.4 Å². The van der Waals surface area contributed by atoms with Crippen LogP contribution in [0.5, 0.6) is 0 Å². The summed E-state index contributed by atoms with van der Waals surface area (Å²) in [4.78, 5) is 19.7. The molecular formula is C17H23N3OS2. The summed E-state index contributed by atoms with van der Waals surface area (Å²) in [6.45, 7) is 0.647. The van der Waals surface area contributed by atoms with E-state index in [4.69, 9.17) is 0 Å². The van der Waals surface area contributed by atoms with E-state index in [0.29, 0.717) is 13.0 Å². The summed E-state index contributed by atoms with van der Waals surface area (Å²) in [5, 5.41) is 3.81. The number of hydrogen-bond donors (Lipinski definition) is 2. The fourth-order valence-corrected chi connectivity index (χ4v) is 5.78. The van der Waals surface area contributed by atoms with Crippen LogP contribution in [0.2, 0.25) is 0 Å². The summed E-state index contributed by atoms with van der Waals surface area (Å²) < 4.78 is 0. The highest BCUT2D eigenvalue weighted by Gasteiger charge is 2.15. The zero-order chi connectivity index (χ0) is 15.9. The predicted molar refractivity (Wildman–Crippen MR) is 99.7 cm³/mol. The number of unbranched alkanes of at least 4 members (excludes halogenated alkanes) is 1. The Bertz CT molecular complexity index is 605. The van der Waals surface area contributed by atoms with Crippen molar-refractivity contribution < 1.29 is 4.79 Å². The first-order chi connectivity index (χ1) is 11.3. The smallest absolute Gasteiger partial charge is 0.220 e. The third-order valence-corrected chi connectivity index (χ3v) is 7.04. The molecule has 1 saturated heterocycles. The molecule has 1 aliphatic rings. The molecule has 0 radical (unpaired) electrons. The van der Waals surface area contributed by atoms with Crippen molar-refractivity contribution in [2.45, 2.75) is 43.8 Å². The maximum atomic E-state index is 11.9. The number of H-pyrrole nitrogens is 1. The maximum Gasteiger partial charge on any atom is 0.220 e. The molecule has 4 nitrogen and oxygen atoms in total. The standard InChI is InChI=1S/C17H23N3OS2/c21-17(8-4-1-5-13-10-12-22-23-13)18-11-9-16-19-14-6-2-3-7-15(14)20-16/h2-3,6-7,13H,1,4-5,8-12H2,(H,18,21)(H,19,20). The number of para-hydroxylation sites is 2. The number of amides is 1. The van der Waals surface area contributed by atoms with Crippen LogP contribution in [-0.2, 0) is 11.2 Å². The van der Waals surface area contributed by atoms with Crippen molar-refractivity contribution >= 4 is 38.5 Å². The lowest BCUT2D eigenvalue weighted by atomic mass is 10.1. The summed E-state index contributed by atoms with van der Waals surface area (Å²) in [6.07, 6.45) is 6.14. The van der Waals surface area contributed by atoms with Gasteiger partial charge in [0, 0.05) is 30.4 Å². The molecule has 0 bridgehead atoms. The van der Waals surface area contributed by atoms with Crippen molar-refractivity contribution in [1.82, 2.24) is 15.3 Å². The van der Waals surface area contributed by atoms with Gasteiger partial charge in [-0.15, -0.1) is 0 Å². The van der Waals surface area contributed by atoms with Crippen molar-refractivity contribution in [1.29, 1.82) is 0 Å². The second-order valence-electron chi connectivity index (χ2n) is 5.88. The van der Waals surface area contributed by atoms with Crippen molar-refractivity contribution in [3.8, 4) is 0 Å². The van der Waals surface area contributed by atoms with Crippen LogP contribution in [0.15, 0.2) is 24.3 Å². The van der Waals surface area contributed by atoms with E-state index >= 15 is 0 Å². The van der Waals surface area contributed by atoms with Gasteiger partial charge in [0.2, 0.25) is 5.91 Å². The topological polar surface area (TPSA) is 57.8 Å². The Morgan fingerprint density at radius 1 is 1.35 bits per heavy atom. The number of nitrogens with zero attached hydrogens (tertiary/aromatic N) is 1. The van der Waals surface area contributed by atoms with Crippen molar-refractivity contribution in [2.24, 2.45) is 0 Å². The maximum absolute atomic E-state index is 11.9. The zero-order valence-corrected chi connectivity index (χ0v) is 14.8. The van der Waals surface area contributed by atoms with E-state index in [-0.39, 0.29) is 5.91 Å². The molecule has 1 fully saturated rings. The van der Waals surface area contributed by atoms with Gasteiger partial charge < -0.3 is 10.3 Å². The molecule has 2 N–H and O–H groups in total. The predicted octanol–water partition coefficient (Wildman–Crippen LogP) is 3.94. The fraction of sp³-hybridized carbons (Fsp3) is 0.529. The SMILES string of the molecule is O=C(CCCCC1CCSS1)NCCc1nc2ccccc2[nH]1. The number of carbonyl (C=O) groups is 1. The summed E-state index contributed by atoms with van der Waals surface area (Å²) in [5.74, 6) is 2.38. The van der Waals surface area contributed by atoms with Gasteiger partial charge in [-0.25, -0.2) is 4.98 Å². The van der Waals surface area contributed by atoms with Gasteiger partial charge in [-0.3, -0.25) is 4.79 Å². The fourth-order valence-electron chi connectivity index (χ4n) is 2.75. The first-order valence-corrected chi connectivity index (χ1v) is 10.7. The number of fused-ring (bicyclic) bond motifs is 1. The molecule has 1 atom stereocenters. The highest BCUT2D eigenvalue weighted by atomic mass is 33.1. The van der Waals surface area contributed by atoms with E-state index in [2.05, 4.69) is 15.3 Å². The largest absolute Gasteiger partial charge is 0.356 e. The minimum atomic E-state index is 0.162.